The van der Waals surface area contributed by atoms with Crippen molar-refractivity contribution in [2.75, 3.05) is 11.9 Å². The molecule has 2 N–H and O–H groups in total. The number of anilines is 1. The molecule has 0 aliphatic rings. The van der Waals surface area contributed by atoms with Gasteiger partial charge in [0.1, 0.15) is 5.75 Å². The number of benzene rings is 2. The van der Waals surface area contributed by atoms with Crippen LogP contribution >= 0.6 is 0 Å². The summed E-state index contributed by atoms with van der Waals surface area (Å²) in [5, 5.41) is 6.00. The van der Waals surface area contributed by atoms with Crippen molar-refractivity contribution in [3.63, 3.8) is 0 Å². The Morgan fingerprint density at radius 3 is 2.42 bits per heavy atom. The van der Waals surface area contributed by atoms with E-state index in [1.807, 2.05) is 62.4 Å². The quantitative estimate of drug-likeness (QED) is 0.792. The van der Waals surface area contributed by atoms with E-state index in [1.54, 1.807) is 0 Å². The molecule has 0 fully saturated rings. The van der Waals surface area contributed by atoms with E-state index in [1.165, 1.54) is 0 Å². The summed E-state index contributed by atoms with van der Waals surface area (Å²) in [5.74, 6) is 1.10. The van der Waals surface area contributed by atoms with Crippen molar-refractivity contribution in [1.82, 2.24) is 5.32 Å². The maximum Gasteiger partial charge on any atom is 0.319 e. The molecule has 0 saturated heterocycles. The number of hydrogen-bond acceptors (Lipinski definition) is 2. The average molecular weight is 326 g/mol. The molecule has 2 aromatic carbocycles. The van der Waals surface area contributed by atoms with Crippen LogP contribution in [0.2, 0.25) is 0 Å². The standard InChI is InChI=1S/C20H26N2O2/c1-5-24-17-11-12-18(15(4)13-17)21-20(23)22-19(14(2)3)16-9-7-6-8-10-16/h6-14,19H,5H2,1-4H3,(H2,21,22,23). The van der Waals surface area contributed by atoms with E-state index in [0.717, 1.165) is 22.6 Å². The molecule has 4 nitrogen and oxygen atoms in total. The molecule has 0 aliphatic carbocycles. The Hall–Kier alpha value is -2.49. The van der Waals surface area contributed by atoms with Gasteiger partial charge in [0.05, 0.1) is 12.6 Å². The first-order valence-electron chi connectivity index (χ1n) is 8.37. The van der Waals surface area contributed by atoms with Gasteiger partial charge in [-0.3, -0.25) is 0 Å². The summed E-state index contributed by atoms with van der Waals surface area (Å²) in [5.41, 5.74) is 2.86. The second-order valence-corrected chi connectivity index (χ2v) is 6.14. The van der Waals surface area contributed by atoms with Gasteiger partial charge in [-0.15, -0.1) is 0 Å². The van der Waals surface area contributed by atoms with Gasteiger partial charge in [-0.1, -0.05) is 44.2 Å². The Bertz CT molecular complexity index is 669. The van der Waals surface area contributed by atoms with Crippen LogP contribution in [0, 0.1) is 12.8 Å². The number of nitrogens with one attached hydrogen (secondary N) is 2. The van der Waals surface area contributed by atoms with Gasteiger partial charge < -0.3 is 15.4 Å². The first-order valence-corrected chi connectivity index (χ1v) is 8.37. The van der Waals surface area contributed by atoms with E-state index < -0.39 is 0 Å². The van der Waals surface area contributed by atoms with E-state index in [4.69, 9.17) is 4.74 Å². The summed E-state index contributed by atoms with van der Waals surface area (Å²) in [6, 6.07) is 15.4. The van der Waals surface area contributed by atoms with Crippen LogP contribution in [-0.4, -0.2) is 12.6 Å². The zero-order chi connectivity index (χ0) is 17.5. The largest absolute Gasteiger partial charge is 0.494 e. The summed E-state index contributed by atoms with van der Waals surface area (Å²) >= 11 is 0. The number of urea groups is 1. The van der Waals surface area contributed by atoms with E-state index in [-0.39, 0.29) is 12.1 Å². The molecule has 0 aromatic heterocycles. The third-order valence-corrected chi connectivity index (χ3v) is 3.87. The molecule has 0 heterocycles. The zero-order valence-corrected chi connectivity index (χ0v) is 14.8. The predicted octanol–water partition coefficient (Wildman–Crippen LogP) is 4.91. The Kier molecular flexibility index (Phi) is 6.24. The molecular formula is C20H26N2O2. The number of aryl methyl sites for hydroxylation is 1. The van der Waals surface area contributed by atoms with E-state index >= 15 is 0 Å². The number of carbonyl (C=O) groups excluding carboxylic acids is 1. The normalized spacial score (nSPS) is 11.9. The maximum atomic E-state index is 12.4. The second-order valence-electron chi connectivity index (χ2n) is 6.14. The minimum absolute atomic E-state index is 0.0331. The number of carbonyl (C=O) groups is 1. The van der Waals surface area contributed by atoms with Crippen LogP contribution in [0.1, 0.15) is 37.9 Å². The highest BCUT2D eigenvalue weighted by atomic mass is 16.5. The second kappa shape index (κ2) is 8.39. The van der Waals surface area contributed by atoms with Gasteiger partial charge in [0.15, 0.2) is 0 Å². The summed E-state index contributed by atoms with van der Waals surface area (Å²) in [6.07, 6.45) is 0. The molecule has 128 valence electrons. The van der Waals surface area contributed by atoms with Gasteiger partial charge in [0.2, 0.25) is 0 Å². The Morgan fingerprint density at radius 1 is 1.12 bits per heavy atom. The van der Waals surface area contributed by atoms with Gasteiger partial charge in [-0.2, -0.15) is 0 Å². The highest BCUT2D eigenvalue weighted by Crippen LogP contribution is 2.23. The summed E-state index contributed by atoms with van der Waals surface area (Å²) in [6.45, 7) is 8.72. The number of hydrogen-bond donors (Lipinski definition) is 2. The molecule has 4 heteroatoms. The molecule has 0 aliphatic heterocycles. The third-order valence-electron chi connectivity index (χ3n) is 3.87. The fourth-order valence-corrected chi connectivity index (χ4v) is 2.63. The minimum atomic E-state index is -0.204. The van der Waals surface area contributed by atoms with E-state index in [2.05, 4.69) is 24.5 Å². The molecule has 1 unspecified atom stereocenters. The Labute approximate surface area is 144 Å². The molecule has 0 radical (unpaired) electrons. The lowest BCUT2D eigenvalue weighted by Crippen LogP contribution is -2.35. The van der Waals surface area contributed by atoms with Crippen LogP contribution < -0.4 is 15.4 Å². The van der Waals surface area contributed by atoms with Crippen molar-refractivity contribution in [3.05, 3.63) is 59.7 Å². The van der Waals surface area contributed by atoms with Gasteiger partial charge in [-0.05, 0) is 49.1 Å². The van der Waals surface area contributed by atoms with E-state index in [9.17, 15) is 4.79 Å². The van der Waals surface area contributed by atoms with Crippen molar-refractivity contribution in [1.29, 1.82) is 0 Å². The highest BCUT2D eigenvalue weighted by molar-refractivity contribution is 5.90. The Morgan fingerprint density at radius 2 is 1.83 bits per heavy atom. The Balaban J connectivity index is 2.06. The molecule has 2 aromatic rings. The fraction of sp³-hybridized carbons (Fsp3) is 0.350. The number of rotatable bonds is 6. The average Bonchev–Trinajstić information content (AvgIpc) is 2.56. The molecule has 1 atom stereocenters. The SMILES string of the molecule is CCOc1ccc(NC(=O)NC(c2ccccc2)C(C)C)c(C)c1. The van der Waals surface area contributed by atoms with Gasteiger partial charge >= 0.3 is 6.03 Å². The summed E-state index contributed by atoms with van der Waals surface area (Å²) in [7, 11) is 0. The summed E-state index contributed by atoms with van der Waals surface area (Å²) in [4.78, 5) is 12.4. The molecule has 2 amide bonds. The fourth-order valence-electron chi connectivity index (χ4n) is 2.63. The van der Waals surface area contributed by atoms with Crippen molar-refractivity contribution in [2.45, 2.75) is 33.7 Å². The smallest absolute Gasteiger partial charge is 0.319 e. The monoisotopic (exact) mass is 326 g/mol. The first-order chi connectivity index (χ1) is 11.5. The lowest BCUT2D eigenvalue weighted by atomic mass is 9.96. The van der Waals surface area contributed by atoms with Crippen molar-refractivity contribution in [2.24, 2.45) is 5.92 Å². The zero-order valence-electron chi connectivity index (χ0n) is 14.8. The number of amides is 2. The van der Waals surface area contributed by atoms with Crippen molar-refractivity contribution in [3.8, 4) is 5.75 Å². The summed E-state index contributed by atoms with van der Waals surface area (Å²) < 4.78 is 5.47. The molecular weight excluding hydrogens is 300 g/mol. The highest BCUT2D eigenvalue weighted by Gasteiger charge is 2.18. The topological polar surface area (TPSA) is 50.4 Å². The third kappa shape index (κ3) is 4.75. The molecule has 2 rings (SSSR count). The maximum absolute atomic E-state index is 12.4. The lowest BCUT2D eigenvalue weighted by Gasteiger charge is -2.23. The molecule has 0 saturated carbocycles. The van der Waals surface area contributed by atoms with Crippen molar-refractivity contribution >= 4 is 11.7 Å². The molecule has 0 spiro atoms. The van der Waals surface area contributed by atoms with Crippen LogP contribution in [0.25, 0.3) is 0 Å². The van der Waals surface area contributed by atoms with Gasteiger partial charge in [0, 0.05) is 5.69 Å². The van der Waals surface area contributed by atoms with Crippen LogP contribution in [0.5, 0.6) is 5.75 Å². The van der Waals surface area contributed by atoms with Crippen LogP contribution in [-0.2, 0) is 0 Å². The van der Waals surface area contributed by atoms with Crippen molar-refractivity contribution < 1.29 is 9.53 Å². The van der Waals surface area contributed by atoms with E-state index in [0.29, 0.717) is 12.5 Å². The number of ether oxygens (including phenoxy) is 1. The van der Waals surface area contributed by atoms with Crippen LogP contribution in [0.3, 0.4) is 0 Å². The van der Waals surface area contributed by atoms with Crippen LogP contribution in [0.15, 0.2) is 48.5 Å². The molecule has 0 bridgehead atoms. The minimum Gasteiger partial charge on any atom is -0.494 e. The first kappa shape index (κ1) is 17.9. The lowest BCUT2D eigenvalue weighted by molar-refractivity contribution is 0.244. The predicted molar refractivity (Wildman–Crippen MR) is 98.5 cm³/mol. The van der Waals surface area contributed by atoms with Gasteiger partial charge in [0.25, 0.3) is 0 Å². The van der Waals surface area contributed by atoms with Gasteiger partial charge in [-0.25, -0.2) is 4.79 Å². The molecule has 24 heavy (non-hydrogen) atoms. The van der Waals surface area contributed by atoms with Crippen LogP contribution in [0.4, 0.5) is 10.5 Å².